The Hall–Kier alpha value is -1.13. The van der Waals surface area contributed by atoms with Gasteiger partial charge in [0, 0.05) is 6.04 Å². The zero-order chi connectivity index (χ0) is 14.5. The van der Waals surface area contributed by atoms with Crippen molar-refractivity contribution in [1.82, 2.24) is 4.90 Å². The van der Waals surface area contributed by atoms with Gasteiger partial charge in [0.05, 0.1) is 18.1 Å². The third-order valence-electron chi connectivity index (χ3n) is 3.58. The van der Waals surface area contributed by atoms with E-state index in [0.29, 0.717) is 6.61 Å². The van der Waals surface area contributed by atoms with Crippen LogP contribution in [0.25, 0.3) is 0 Å². The molecule has 0 radical (unpaired) electrons. The first-order valence-electron chi connectivity index (χ1n) is 6.96. The Kier molecular flexibility index (Phi) is 5.38. The largest absolute Gasteiger partial charge is 0.466 e. The summed E-state index contributed by atoms with van der Waals surface area (Å²) in [7, 11) is 0. The number of halogens is 2. The molecule has 5 heteroatoms. The Balaban J connectivity index is 2.20. The molecule has 0 aromatic heterocycles. The molecule has 1 aliphatic heterocycles. The topological polar surface area (TPSA) is 29.5 Å². The van der Waals surface area contributed by atoms with Crippen LogP contribution in [0.2, 0.25) is 5.02 Å². The zero-order valence-electron chi connectivity index (χ0n) is 11.6. The highest BCUT2D eigenvalue weighted by atomic mass is 35.5. The van der Waals surface area contributed by atoms with Gasteiger partial charge in [-0.25, -0.2) is 4.39 Å². The molecule has 0 saturated carbocycles. The minimum Gasteiger partial charge on any atom is -0.466 e. The molecule has 2 rings (SSSR count). The van der Waals surface area contributed by atoms with Crippen LogP contribution in [-0.4, -0.2) is 30.6 Å². The minimum atomic E-state index is -0.447. The van der Waals surface area contributed by atoms with E-state index < -0.39 is 5.82 Å². The van der Waals surface area contributed by atoms with Crippen LogP contribution in [-0.2, 0) is 9.53 Å². The number of carbonyl (C=O) groups excluding carboxylic acids is 1. The third-order valence-corrected chi connectivity index (χ3v) is 3.88. The van der Waals surface area contributed by atoms with Crippen molar-refractivity contribution in [2.75, 3.05) is 19.7 Å². The van der Waals surface area contributed by atoms with E-state index in [0.717, 1.165) is 31.5 Å². The molecule has 1 aliphatic rings. The van der Waals surface area contributed by atoms with E-state index >= 15 is 0 Å². The molecule has 0 spiro atoms. The molecule has 0 aliphatic carbocycles. The Morgan fingerprint density at radius 3 is 2.75 bits per heavy atom. The summed E-state index contributed by atoms with van der Waals surface area (Å²) in [6.07, 6.45) is 2.46. The second-order valence-corrected chi connectivity index (χ2v) is 5.35. The molecule has 20 heavy (non-hydrogen) atoms. The highest BCUT2D eigenvalue weighted by Gasteiger charge is 2.26. The fourth-order valence-corrected chi connectivity index (χ4v) is 2.73. The predicted octanol–water partition coefficient (Wildman–Crippen LogP) is 3.57. The molecule has 0 N–H and O–H groups in total. The van der Waals surface area contributed by atoms with Crippen molar-refractivity contribution in [2.45, 2.75) is 32.2 Å². The van der Waals surface area contributed by atoms with Gasteiger partial charge in [-0.15, -0.1) is 0 Å². The molecule has 1 fully saturated rings. The first-order valence-corrected chi connectivity index (χ1v) is 7.34. The van der Waals surface area contributed by atoms with Crippen LogP contribution in [0.4, 0.5) is 4.39 Å². The fraction of sp³-hybridized carbons (Fsp3) is 0.533. The molecule has 1 heterocycles. The SMILES string of the molecule is CCOC(=O)CC(c1ccc(Cl)c(F)c1)N1CCCC1. The van der Waals surface area contributed by atoms with Gasteiger partial charge in [0.15, 0.2) is 0 Å². The van der Waals surface area contributed by atoms with Crippen LogP contribution >= 0.6 is 11.6 Å². The van der Waals surface area contributed by atoms with E-state index in [4.69, 9.17) is 16.3 Å². The summed E-state index contributed by atoms with van der Waals surface area (Å²) in [6.45, 7) is 3.99. The van der Waals surface area contributed by atoms with Crippen LogP contribution in [0.1, 0.15) is 37.8 Å². The van der Waals surface area contributed by atoms with Crippen molar-refractivity contribution < 1.29 is 13.9 Å². The lowest BCUT2D eigenvalue weighted by Gasteiger charge is -2.27. The minimum absolute atomic E-state index is 0.102. The molecule has 1 aromatic carbocycles. The molecule has 1 aromatic rings. The van der Waals surface area contributed by atoms with E-state index in [-0.39, 0.29) is 23.5 Å². The Bertz CT molecular complexity index is 475. The number of carbonyl (C=O) groups is 1. The van der Waals surface area contributed by atoms with E-state index in [1.807, 2.05) is 0 Å². The average Bonchev–Trinajstić information content (AvgIpc) is 2.93. The second kappa shape index (κ2) is 7.04. The first-order chi connectivity index (χ1) is 9.61. The monoisotopic (exact) mass is 299 g/mol. The summed E-state index contributed by atoms with van der Waals surface area (Å²) in [5.41, 5.74) is 0.779. The van der Waals surface area contributed by atoms with Crippen molar-refractivity contribution in [3.8, 4) is 0 Å². The highest BCUT2D eigenvalue weighted by molar-refractivity contribution is 6.30. The second-order valence-electron chi connectivity index (χ2n) is 4.94. The third kappa shape index (κ3) is 3.70. The van der Waals surface area contributed by atoms with E-state index in [1.165, 1.54) is 6.07 Å². The summed E-state index contributed by atoms with van der Waals surface area (Å²) in [5, 5.41) is 0.102. The molecular weight excluding hydrogens is 281 g/mol. The van der Waals surface area contributed by atoms with Gasteiger partial charge in [-0.3, -0.25) is 9.69 Å². The molecular formula is C15H19ClFNO2. The lowest BCUT2D eigenvalue weighted by molar-refractivity contribution is -0.144. The van der Waals surface area contributed by atoms with Gasteiger partial charge < -0.3 is 4.74 Å². The quantitative estimate of drug-likeness (QED) is 0.779. The molecule has 0 amide bonds. The number of hydrogen-bond acceptors (Lipinski definition) is 3. The standard InChI is InChI=1S/C15H19ClFNO2/c1-2-20-15(19)10-14(18-7-3-4-8-18)11-5-6-12(16)13(17)9-11/h5-6,9,14H,2-4,7-8,10H2,1H3. The van der Waals surface area contributed by atoms with Gasteiger partial charge in [-0.2, -0.15) is 0 Å². The number of hydrogen-bond donors (Lipinski definition) is 0. The van der Waals surface area contributed by atoms with Crippen molar-refractivity contribution in [1.29, 1.82) is 0 Å². The number of benzene rings is 1. The van der Waals surface area contributed by atoms with Gasteiger partial charge in [0.25, 0.3) is 0 Å². The lowest BCUT2D eigenvalue weighted by Crippen LogP contribution is -2.28. The van der Waals surface area contributed by atoms with E-state index in [1.54, 1.807) is 19.1 Å². The normalized spacial score (nSPS) is 17.1. The van der Waals surface area contributed by atoms with Crippen molar-refractivity contribution in [2.24, 2.45) is 0 Å². The molecule has 1 atom stereocenters. The summed E-state index contributed by atoms with van der Waals surface area (Å²) >= 11 is 5.72. The Labute approximate surface area is 123 Å². The molecule has 3 nitrogen and oxygen atoms in total. The van der Waals surface area contributed by atoms with Gasteiger partial charge in [0.2, 0.25) is 0 Å². The zero-order valence-corrected chi connectivity index (χ0v) is 12.3. The summed E-state index contributed by atoms with van der Waals surface area (Å²) in [4.78, 5) is 14.0. The lowest BCUT2D eigenvalue weighted by atomic mass is 10.0. The molecule has 1 unspecified atom stereocenters. The van der Waals surface area contributed by atoms with Gasteiger partial charge >= 0.3 is 5.97 Å². The Morgan fingerprint density at radius 2 is 2.15 bits per heavy atom. The van der Waals surface area contributed by atoms with Gasteiger partial charge in [0.1, 0.15) is 5.82 Å². The van der Waals surface area contributed by atoms with Crippen molar-refractivity contribution >= 4 is 17.6 Å². The molecule has 0 bridgehead atoms. The molecule has 1 saturated heterocycles. The first kappa shape index (κ1) is 15.3. The van der Waals surface area contributed by atoms with Crippen LogP contribution in [0.5, 0.6) is 0 Å². The summed E-state index contributed by atoms with van der Waals surface area (Å²) < 4.78 is 18.7. The predicted molar refractivity (Wildman–Crippen MR) is 76.2 cm³/mol. The number of esters is 1. The van der Waals surface area contributed by atoms with Crippen molar-refractivity contribution in [3.05, 3.63) is 34.6 Å². The number of likely N-dealkylation sites (tertiary alicyclic amines) is 1. The summed E-state index contributed by atoms with van der Waals surface area (Å²) in [5.74, 6) is -0.697. The van der Waals surface area contributed by atoms with Crippen LogP contribution in [0.15, 0.2) is 18.2 Å². The Morgan fingerprint density at radius 1 is 1.45 bits per heavy atom. The highest BCUT2D eigenvalue weighted by Crippen LogP contribution is 2.30. The maximum atomic E-state index is 13.6. The maximum Gasteiger partial charge on any atom is 0.307 e. The average molecular weight is 300 g/mol. The number of rotatable bonds is 5. The van der Waals surface area contributed by atoms with Gasteiger partial charge in [-0.05, 0) is 50.6 Å². The number of nitrogens with zero attached hydrogens (tertiary/aromatic N) is 1. The van der Waals surface area contributed by atoms with Gasteiger partial charge in [-0.1, -0.05) is 17.7 Å². The number of ether oxygens (including phenoxy) is 1. The van der Waals surface area contributed by atoms with Crippen LogP contribution in [0, 0.1) is 5.82 Å². The van der Waals surface area contributed by atoms with Crippen LogP contribution < -0.4 is 0 Å². The maximum absolute atomic E-state index is 13.6. The summed E-state index contributed by atoms with van der Waals surface area (Å²) in [6, 6.07) is 4.61. The van der Waals surface area contributed by atoms with E-state index in [9.17, 15) is 9.18 Å². The van der Waals surface area contributed by atoms with Crippen LogP contribution in [0.3, 0.4) is 0 Å². The van der Waals surface area contributed by atoms with Crippen molar-refractivity contribution in [3.63, 3.8) is 0 Å². The molecule has 110 valence electrons. The van der Waals surface area contributed by atoms with E-state index in [2.05, 4.69) is 4.90 Å². The smallest absolute Gasteiger partial charge is 0.307 e. The fourth-order valence-electron chi connectivity index (χ4n) is 2.61.